The van der Waals surface area contributed by atoms with E-state index in [4.69, 9.17) is 23.1 Å². The second kappa shape index (κ2) is 4.10. The first kappa shape index (κ1) is 10.5. The second-order valence-corrected chi connectivity index (χ2v) is 3.13. The normalized spacial score (nSPS) is 9.86. The maximum Gasteiger partial charge on any atom is 0.236 e. The van der Waals surface area contributed by atoms with E-state index >= 15 is 0 Å². The van der Waals surface area contributed by atoms with E-state index < -0.39 is 5.91 Å². The van der Waals surface area contributed by atoms with Crippen LogP contribution in [0.25, 0.3) is 0 Å². The van der Waals surface area contributed by atoms with E-state index in [-0.39, 0.29) is 12.5 Å². The maximum absolute atomic E-state index is 10.6. The van der Waals surface area contributed by atoms with E-state index in [9.17, 15) is 4.79 Å². The lowest BCUT2D eigenvalue weighted by molar-refractivity contribution is -0.116. The topological polar surface area (TPSA) is 98.1 Å². The van der Waals surface area contributed by atoms with Crippen molar-refractivity contribution in [1.29, 1.82) is 0 Å². The predicted molar refractivity (Wildman–Crippen MR) is 53.9 cm³/mol. The number of halogens is 1. The third-order valence-corrected chi connectivity index (χ3v) is 1.77. The molecule has 0 aliphatic rings. The number of rotatable bonds is 3. The van der Waals surface area contributed by atoms with Gasteiger partial charge in [-0.1, -0.05) is 11.6 Å². The molecule has 4 N–H and O–H groups in total. The molecule has 0 radical (unpaired) electrons. The van der Waals surface area contributed by atoms with E-state index in [0.29, 0.717) is 10.8 Å². The van der Waals surface area contributed by atoms with Crippen LogP contribution in [0.3, 0.4) is 0 Å². The van der Waals surface area contributed by atoms with Crippen molar-refractivity contribution in [3.63, 3.8) is 0 Å². The van der Waals surface area contributed by atoms with Gasteiger partial charge in [0.15, 0.2) is 5.82 Å². The third-order valence-electron chi connectivity index (χ3n) is 1.50. The lowest BCUT2D eigenvalue weighted by atomic mass is 10.4. The van der Waals surface area contributed by atoms with Crippen LogP contribution in [0.2, 0.25) is 5.02 Å². The Hall–Kier alpha value is -1.56. The largest absolute Gasteiger partial charge is 0.368 e. The molecular formula is C7H10ClN5O. The Bertz CT molecular complexity index is 356. The Balaban J connectivity index is 2.93. The minimum absolute atomic E-state index is 0.0240. The fraction of sp³-hybridized carbons (Fsp3) is 0.286. The molecule has 0 atom stereocenters. The summed E-state index contributed by atoms with van der Waals surface area (Å²) in [6.07, 6.45) is 1.37. The van der Waals surface area contributed by atoms with Gasteiger partial charge in [0.25, 0.3) is 0 Å². The summed E-state index contributed by atoms with van der Waals surface area (Å²) in [5.74, 6) is 0.0134. The van der Waals surface area contributed by atoms with Gasteiger partial charge in [-0.05, 0) is 0 Å². The Morgan fingerprint density at radius 3 is 2.93 bits per heavy atom. The molecule has 0 saturated heterocycles. The van der Waals surface area contributed by atoms with E-state index in [0.717, 1.165) is 0 Å². The van der Waals surface area contributed by atoms with Crippen molar-refractivity contribution in [3.05, 3.63) is 11.2 Å². The number of likely N-dealkylation sites (N-methyl/N-ethyl adjacent to an activating group) is 1. The molecule has 1 aromatic rings. The zero-order chi connectivity index (χ0) is 10.7. The van der Waals surface area contributed by atoms with Crippen molar-refractivity contribution >= 4 is 29.3 Å². The highest BCUT2D eigenvalue weighted by Gasteiger charge is 2.10. The van der Waals surface area contributed by atoms with E-state index in [1.54, 1.807) is 7.05 Å². The summed E-state index contributed by atoms with van der Waals surface area (Å²) >= 11 is 5.80. The standard InChI is InChI=1S/C7H10ClN5O/c1-13(3-5(9)14)6-4(8)2-11-7(10)12-6/h2H,3H2,1H3,(H2,9,14)(H2,10,11,12). The molecule has 1 rings (SSSR count). The number of amides is 1. The quantitative estimate of drug-likeness (QED) is 0.717. The molecular weight excluding hydrogens is 206 g/mol. The van der Waals surface area contributed by atoms with Gasteiger partial charge in [0.1, 0.15) is 5.02 Å². The summed E-state index contributed by atoms with van der Waals surface area (Å²) in [4.78, 5) is 19.7. The number of nitrogens with zero attached hydrogens (tertiary/aromatic N) is 3. The number of carbonyl (C=O) groups is 1. The molecule has 0 spiro atoms. The number of nitrogen functional groups attached to an aromatic ring is 1. The summed E-state index contributed by atoms with van der Waals surface area (Å²) in [6, 6.07) is 0. The number of carbonyl (C=O) groups excluding carboxylic acids is 1. The molecule has 1 amide bonds. The fourth-order valence-electron chi connectivity index (χ4n) is 0.948. The van der Waals surface area contributed by atoms with Gasteiger partial charge in [0.2, 0.25) is 11.9 Å². The van der Waals surface area contributed by atoms with Gasteiger partial charge < -0.3 is 16.4 Å². The highest BCUT2D eigenvalue weighted by molar-refractivity contribution is 6.32. The van der Waals surface area contributed by atoms with Crippen molar-refractivity contribution in [2.75, 3.05) is 24.2 Å². The molecule has 14 heavy (non-hydrogen) atoms. The summed E-state index contributed by atoms with van der Waals surface area (Å²) in [6.45, 7) is 0.0240. The minimum atomic E-state index is -0.472. The number of anilines is 2. The van der Waals surface area contributed by atoms with Crippen molar-refractivity contribution in [2.45, 2.75) is 0 Å². The summed E-state index contributed by atoms with van der Waals surface area (Å²) in [7, 11) is 1.64. The summed E-state index contributed by atoms with van der Waals surface area (Å²) in [5.41, 5.74) is 10.4. The number of nitrogens with two attached hydrogens (primary N) is 2. The van der Waals surface area contributed by atoms with Gasteiger partial charge in [-0.25, -0.2) is 4.98 Å². The Morgan fingerprint density at radius 2 is 2.36 bits per heavy atom. The first-order valence-corrected chi connectivity index (χ1v) is 4.16. The van der Waals surface area contributed by atoms with Gasteiger partial charge in [0, 0.05) is 7.05 Å². The molecule has 0 bridgehead atoms. The molecule has 1 heterocycles. The first-order chi connectivity index (χ1) is 6.50. The van der Waals surface area contributed by atoms with Gasteiger partial charge in [0.05, 0.1) is 12.7 Å². The molecule has 1 aromatic heterocycles. The van der Waals surface area contributed by atoms with Crippen LogP contribution >= 0.6 is 11.6 Å². The van der Waals surface area contributed by atoms with Gasteiger partial charge >= 0.3 is 0 Å². The minimum Gasteiger partial charge on any atom is -0.368 e. The molecule has 7 heteroatoms. The maximum atomic E-state index is 10.6. The van der Waals surface area contributed by atoms with E-state index in [2.05, 4.69) is 9.97 Å². The Labute approximate surface area is 85.9 Å². The van der Waals surface area contributed by atoms with Gasteiger partial charge in [-0.3, -0.25) is 4.79 Å². The van der Waals surface area contributed by atoms with Crippen LogP contribution in [0.5, 0.6) is 0 Å². The van der Waals surface area contributed by atoms with E-state index in [1.807, 2.05) is 0 Å². The molecule has 76 valence electrons. The smallest absolute Gasteiger partial charge is 0.236 e. The lowest BCUT2D eigenvalue weighted by Crippen LogP contribution is -2.31. The zero-order valence-electron chi connectivity index (χ0n) is 7.57. The SMILES string of the molecule is CN(CC(N)=O)c1nc(N)ncc1Cl. The molecule has 0 fully saturated rings. The van der Waals surface area contributed by atoms with Crippen LogP contribution in [0.4, 0.5) is 11.8 Å². The second-order valence-electron chi connectivity index (χ2n) is 2.72. The van der Waals surface area contributed by atoms with Crippen LogP contribution in [0.1, 0.15) is 0 Å². The molecule has 0 saturated carbocycles. The van der Waals surface area contributed by atoms with E-state index in [1.165, 1.54) is 11.1 Å². The highest BCUT2D eigenvalue weighted by Crippen LogP contribution is 2.21. The number of primary amides is 1. The van der Waals surface area contributed by atoms with Crippen molar-refractivity contribution in [2.24, 2.45) is 5.73 Å². The monoisotopic (exact) mass is 215 g/mol. The van der Waals surface area contributed by atoms with Crippen molar-refractivity contribution < 1.29 is 4.79 Å². The Kier molecular flexibility index (Phi) is 3.08. The molecule has 0 aliphatic heterocycles. The zero-order valence-corrected chi connectivity index (χ0v) is 8.32. The van der Waals surface area contributed by atoms with Gasteiger partial charge in [-0.2, -0.15) is 4.98 Å². The fourth-order valence-corrected chi connectivity index (χ4v) is 1.18. The van der Waals surface area contributed by atoms with Crippen molar-refractivity contribution in [3.8, 4) is 0 Å². The predicted octanol–water partition coefficient (Wildman–Crippen LogP) is -0.366. The summed E-state index contributed by atoms with van der Waals surface area (Å²) < 4.78 is 0. The molecule has 0 unspecified atom stereocenters. The molecule has 0 aliphatic carbocycles. The average molecular weight is 216 g/mol. The van der Waals surface area contributed by atoms with Crippen LogP contribution in [0.15, 0.2) is 6.20 Å². The Morgan fingerprint density at radius 1 is 1.71 bits per heavy atom. The highest BCUT2D eigenvalue weighted by atomic mass is 35.5. The molecule has 0 aromatic carbocycles. The molecule has 6 nitrogen and oxygen atoms in total. The van der Waals surface area contributed by atoms with Gasteiger partial charge in [-0.15, -0.1) is 0 Å². The van der Waals surface area contributed by atoms with Crippen LogP contribution < -0.4 is 16.4 Å². The number of hydrogen-bond donors (Lipinski definition) is 2. The van der Waals surface area contributed by atoms with Crippen LogP contribution in [0, 0.1) is 0 Å². The summed E-state index contributed by atoms with van der Waals surface area (Å²) in [5, 5.41) is 0.322. The first-order valence-electron chi connectivity index (χ1n) is 3.78. The number of hydrogen-bond acceptors (Lipinski definition) is 5. The van der Waals surface area contributed by atoms with Crippen LogP contribution in [-0.4, -0.2) is 29.5 Å². The third kappa shape index (κ3) is 2.46. The average Bonchev–Trinajstić information content (AvgIpc) is 2.08. The number of aromatic nitrogens is 2. The van der Waals surface area contributed by atoms with Crippen LogP contribution in [-0.2, 0) is 4.79 Å². The van der Waals surface area contributed by atoms with Crippen molar-refractivity contribution in [1.82, 2.24) is 9.97 Å². The lowest BCUT2D eigenvalue weighted by Gasteiger charge is -2.16.